The van der Waals surface area contributed by atoms with Crippen molar-refractivity contribution < 1.29 is 18.4 Å². The zero-order valence-corrected chi connectivity index (χ0v) is 8.29. The minimum atomic E-state index is -2.40. The summed E-state index contributed by atoms with van der Waals surface area (Å²) in [5, 5.41) is 8.57. The summed E-state index contributed by atoms with van der Waals surface area (Å²) in [6, 6.07) is 0.660. The molecule has 0 bridgehead atoms. The van der Waals surface area contributed by atoms with E-state index in [2.05, 4.69) is 0 Å². The van der Waals surface area contributed by atoms with E-state index in [0.29, 0.717) is 12.5 Å². The zero-order chi connectivity index (χ0) is 8.74. The smallest absolute Gasteiger partial charge is 0.396 e. The van der Waals surface area contributed by atoms with Gasteiger partial charge in [0.05, 0.1) is 0 Å². The Labute approximate surface area is 79.2 Å². The van der Waals surface area contributed by atoms with E-state index in [9.17, 15) is 0 Å². The summed E-state index contributed by atoms with van der Waals surface area (Å²) < 4.78 is 15.4. The molecule has 0 aromatic heterocycles. The van der Waals surface area contributed by atoms with Gasteiger partial charge in [-0.05, 0) is 17.4 Å². The molecule has 0 atom stereocenters. The van der Waals surface area contributed by atoms with E-state index < -0.39 is 8.80 Å². The Morgan fingerprint density at radius 3 is 1.75 bits per heavy atom. The predicted octanol–water partition coefficient (Wildman–Crippen LogP) is -1.20. The third kappa shape index (κ3) is 4.34. The fourth-order valence-corrected chi connectivity index (χ4v) is 2.56. The Balaban J connectivity index is 0. The molecule has 0 aromatic rings. The predicted molar refractivity (Wildman–Crippen MR) is 54.6 cm³/mol. The van der Waals surface area contributed by atoms with Crippen LogP contribution in [0.5, 0.6) is 0 Å². The number of aliphatic hydroxyl groups is 1. The van der Waals surface area contributed by atoms with Crippen molar-refractivity contribution in [2.45, 2.75) is 12.5 Å². The van der Waals surface area contributed by atoms with Gasteiger partial charge in [0.25, 0.3) is 0 Å². The van der Waals surface area contributed by atoms with Gasteiger partial charge >= 0.3 is 8.80 Å². The Kier molecular flexibility index (Phi) is 9.73. The molecule has 0 aliphatic carbocycles. The molecule has 0 unspecified atom stereocenters. The van der Waals surface area contributed by atoms with Crippen LogP contribution in [0.2, 0.25) is 6.04 Å². The second kappa shape index (κ2) is 7.90. The lowest BCUT2D eigenvalue weighted by Crippen LogP contribution is -2.42. The molecule has 0 saturated carbocycles. The summed E-state index contributed by atoms with van der Waals surface area (Å²) in [5.41, 5.74) is 0. The van der Waals surface area contributed by atoms with Crippen molar-refractivity contribution in [3.8, 4) is 0 Å². The molecule has 0 amide bonds. The number of hydrogen-bond acceptors (Lipinski definition) is 4. The van der Waals surface area contributed by atoms with Gasteiger partial charge in [-0.2, -0.15) is 0 Å². The highest BCUT2D eigenvalue weighted by Gasteiger charge is 2.36. The maximum Gasteiger partial charge on any atom is 0.500 e. The molecule has 1 N–H and O–H groups in total. The Morgan fingerprint density at radius 1 is 1.08 bits per heavy atom. The van der Waals surface area contributed by atoms with Crippen molar-refractivity contribution in [3.05, 3.63) is 0 Å². The molecule has 76 valence electrons. The lowest BCUT2D eigenvalue weighted by molar-refractivity contribution is 0.120. The van der Waals surface area contributed by atoms with Crippen LogP contribution in [0.1, 0.15) is 6.42 Å². The van der Waals surface area contributed by atoms with Crippen molar-refractivity contribution in [3.63, 3.8) is 0 Å². The molecule has 6 heteroatoms. The van der Waals surface area contributed by atoms with Gasteiger partial charge in [0.15, 0.2) is 0 Å². The summed E-state index contributed by atoms with van der Waals surface area (Å²) in [6.07, 6.45) is 0.655. The summed E-state index contributed by atoms with van der Waals surface area (Å²) in [7, 11) is 2.30. The van der Waals surface area contributed by atoms with Gasteiger partial charge < -0.3 is 18.4 Å². The van der Waals surface area contributed by atoms with E-state index in [4.69, 9.17) is 18.4 Å². The molecule has 0 fully saturated rings. The quantitative estimate of drug-likeness (QED) is 0.562. The van der Waals surface area contributed by atoms with Crippen LogP contribution in [0.4, 0.5) is 0 Å². The lowest BCUT2D eigenvalue weighted by Gasteiger charge is -2.23. The van der Waals surface area contributed by atoms with Crippen LogP contribution in [-0.2, 0) is 13.3 Å². The van der Waals surface area contributed by atoms with E-state index in [-0.39, 0.29) is 17.6 Å². The Hall–Kier alpha value is 0.274. The standard InChI is InChI=1S/C6H16O4Si.H4Si/c1-8-11(9-2,10-3)6-4-5-7;/h7H,4-6H2,1-3H3;1H4. The molecule has 0 heterocycles. The van der Waals surface area contributed by atoms with E-state index >= 15 is 0 Å². The maximum atomic E-state index is 8.57. The first-order chi connectivity index (χ1) is 5.24. The summed E-state index contributed by atoms with van der Waals surface area (Å²) >= 11 is 0. The van der Waals surface area contributed by atoms with E-state index in [1.165, 1.54) is 0 Å². The topological polar surface area (TPSA) is 47.9 Å². The highest BCUT2D eigenvalue weighted by Crippen LogP contribution is 2.13. The van der Waals surface area contributed by atoms with Gasteiger partial charge in [-0.15, -0.1) is 0 Å². The number of rotatable bonds is 6. The van der Waals surface area contributed by atoms with E-state index in [1.54, 1.807) is 21.3 Å². The molecule has 0 radical (unpaired) electrons. The van der Waals surface area contributed by atoms with Crippen LogP contribution in [0.3, 0.4) is 0 Å². The van der Waals surface area contributed by atoms with Gasteiger partial charge in [-0.3, -0.25) is 0 Å². The van der Waals surface area contributed by atoms with Gasteiger partial charge in [-0.1, -0.05) is 0 Å². The first-order valence-corrected chi connectivity index (χ1v) is 5.44. The highest BCUT2D eigenvalue weighted by atomic mass is 28.4. The third-order valence-corrected chi connectivity index (χ3v) is 4.41. The van der Waals surface area contributed by atoms with Crippen LogP contribution >= 0.6 is 0 Å². The average molecular weight is 212 g/mol. The minimum absolute atomic E-state index is 0. The van der Waals surface area contributed by atoms with Gasteiger partial charge in [0, 0.05) is 34.0 Å². The molecule has 0 saturated heterocycles. The fourth-order valence-electron chi connectivity index (χ4n) is 0.852. The second-order valence-electron chi connectivity index (χ2n) is 2.12. The SMILES string of the molecule is CO[Si](CCCO)(OC)OC.[SiH4]. The van der Waals surface area contributed by atoms with E-state index in [0.717, 1.165) is 0 Å². The average Bonchev–Trinajstić information content (AvgIpc) is 2.08. The van der Waals surface area contributed by atoms with Crippen LogP contribution in [0.15, 0.2) is 0 Å². The molecular formula is C6H20O4Si2. The van der Waals surface area contributed by atoms with Crippen LogP contribution < -0.4 is 0 Å². The molecule has 0 spiro atoms. The monoisotopic (exact) mass is 212 g/mol. The summed E-state index contributed by atoms with van der Waals surface area (Å²) in [5.74, 6) is 0. The largest absolute Gasteiger partial charge is 0.500 e. The van der Waals surface area contributed by atoms with Gasteiger partial charge in [0.2, 0.25) is 0 Å². The van der Waals surface area contributed by atoms with Crippen LogP contribution in [0.25, 0.3) is 0 Å². The fraction of sp³-hybridized carbons (Fsp3) is 1.00. The van der Waals surface area contributed by atoms with Crippen molar-refractivity contribution in [2.24, 2.45) is 0 Å². The van der Waals surface area contributed by atoms with Crippen molar-refractivity contribution in [2.75, 3.05) is 27.9 Å². The number of aliphatic hydroxyl groups excluding tert-OH is 1. The minimum Gasteiger partial charge on any atom is -0.396 e. The molecule has 12 heavy (non-hydrogen) atoms. The normalized spacial score (nSPS) is 11.0. The van der Waals surface area contributed by atoms with Gasteiger partial charge in [0.1, 0.15) is 0 Å². The maximum absolute atomic E-state index is 8.57. The Bertz CT molecular complexity index is 89.3. The van der Waals surface area contributed by atoms with Crippen LogP contribution in [0, 0.1) is 0 Å². The Morgan fingerprint density at radius 2 is 1.50 bits per heavy atom. The molecule has 0 aliphatic heterocycles. The summed E-state index contributed by atoms with van der Waals surface area (Å²) in [4.78, 5) is 0. The van der Waals surface area contributed by atoms with Gasteiger partial charge in [-0.25, -0.2) is 0 Å². The first kappa shape index (κ1) is 14.8. The van der Waals surface area contributed by atoms with Crippen molar-refractivity contribution in [1.29, 1.82) is 0 Å². The van der Waals surface area contributed by atoms with Crippen molar-refractivity contribution >= 4 is 19.8 Å². The van der Waals surface area contributed by atoms with Crippen LogP contribution in [-0.4, -0.2) is 52.8 Å². The number of hydrogen-bond donors (Lipinski definition) is 1. The third-order valence-electron chi connectivity index (χ3n) is 1.57. The molecule has 0 rings (SSSR count). The second-order valence-corrected chi connectivity index (χ2v) is 5.21. The lowest BCUT2D eigenvalue weighted by atomic mass is 10.5. The van der Waals surface area contributed by atoms with E-state index in [1.807, 2.05) is 0 Å². The zero-order valence-electron chi connectivity index (χ0n) is 7.29. The molecular weight excluding hydrogens is 192 g/mol. The first-order valence-electron chi connectivity index (χ1n) is 3.51. The molecule has 4 nitrogen and oxygen atoms in total. The molecule has 0 aromatic carbocycles. The van der Waals surface area contributed by atoms with Crippen molar-refractivity contribution in [1.82, 2.24) is 0 Å². The highest BCUT2D eigenvalue weighted by molar-refractivity contribution is 6.60. The summed E-state index contributed by atoms with van der Waals surface area (Å²) in [6.45, 7) is 0.144. The molecule has 0 aliphatic rings.